The monoisotopic (exact) mass is 196 g/mol. The molecule has 0 fully saturated rings. The maximum absolute atomic E-state index is 8.97. The van der Waals surface area contributed by atoms with Crippen LogP contribution in [-0.2, 0) is 6.54 Å². The molecule has 0 saturated heterocycles. The van der Waals surface area contributed by atoms with Crippen LogP contribution < -0.4 is 5.32 Å². The first-order valence-electron chi connectivity index (χ1n) is 4.10. The van der Waals surface area contributed by atoms with Gasteiger partial charge in [0.2, 0.25) is 0 Å². The lowest BCUT2D eigenvalue weighted by Gasteiger charge is -2.04. The first-order valence-corrected chi connectivity index (χ1v) is 4.91. The molecule has 3 nitrogen and oxygen atoms in total. The van der Waals surface area contributed by atoms with E-state index in [4.69, 9.17) is 10.4 Å². The van der Waals surface area contributed by atoms with Crippen molar-refractivity contribution in [1.82, 2.24) is 5.32 Å². The summed E-state index contributed by atoms with van der Waals surface area (Å²) >= 11 is 1.48. The molecule has 0 aliphatic carbocycles. The lowest BCUT2D eigenvalue weighted by atomic mass is 10.4. The Morgan fingerprint density at radius 3 is 3.00 bits per heavy atom. The van der Waals surface area contributed by atoms with E-state index in [-0.39, 0.29) is 6.10 Å². The van der Waals surface area contributed by atoms with Crippen LogP contribution in [0.2, 0.25) is 0 Å². The third-order valence-electron chi connectivity index (χ3n) is 1.51. The predicted octanol–water partition coefficient (Wildman–Crippen LogP) is 1.09. The number of hydrogen-bond donors (Lipinski definition) is 2. The Morgan fingerprint density at radius 2 is 2.46 bits per heavy atom. The molecule has 1 aromatic rings. The van der Waals surface area contributed by atoms with Crippen molar-refractivity contribution < 1.29 is 5.11 Å². The maximum atomic E-state index is 8.97. The zero-order chi connectivity index (χ0) is 9.68. The van der Waals surface area contributed by atoms with E-state index < -0.39 is 0 Å². The molecule has 1 heterocycles. The van der Waals surface area contributed by atoms with Crippen LogP contribution in [0.15, 0.2) is 12.1 Å². The molecule has 0 radical (unpaired) electrons. The summed E-state index contributed by atoms with van der Waals surface area (Å²) in [5, 5.41) is 20.6. The van der Waals surface area contributed by atoms with Crippen LogP contribution in [0, 0.1) is 11.3 Å². The molecule has 0 aromatic carbocycles. The van der Waals surface area contributed by atoms with Crippen molar-refractivity contribution in [2.24, 2.45) is 0 Å². The Balaban J connectivity index is 2.34. The molecule has 4 heteroatoms. The van der Waals surface area contributed by atoms with Crippen molar-refractivity contribution >= 4 is 11.3 Å². The fraction of sp³-hybridized carbons (Fsp3) is 0.444. The van der Waals surface area contributed by atoms with Gasteiger partial charge in [-0.2, -0.15) is 5.26 Å². The van der Waals surface area contributed by atoms with Gasteiger partial charge in [-0.25, -0.2) is 0 Å². The van der Waals surface area contributed by atoms with Gasteiger partial charge in [-0.05, 0) is 19.1 Å². The van der Waals surface area contributed by atoms with E-state index in [0.29, 0.717) is 6.54 Å². The van der Waals surface area contributed by atoms with Gasteiger partial charge in [0.15, 0.2) is 0 Å². The fourth-order valence-corrected chi connectivity index (χ4v) is 1.71. The van der Waals surface area contributed by atoms with Crippen molar-refractivity contribution in [2.45, 2.75) is 19.6 Å². The summed E-state index contributed by atoms with van der Waals surface area (Å²) in [7, 11) is 0. The molecular weight excluding hydrogens is 184 g/mol. The highest BCUT2D eigenvalue weighted by Crippen LogP contribution is 2.14. The van der Waals surface area contributed by atoms with Crippen molar-refractivity contribution in [2.75, 3.05) is 6.54 Å². The summed E-state index contributed by atoms with van der Waals surface area (Å²) in [6.07, 6.45) is -0.324. The third-order valence-corrected chi connectivity index (χ3v) is 2.50. The molecule has 0 bridgehead atoms. The van der Waals surface area contributed by atoms with Gasteiger partial charge in [0.1, 0.15) is 10.9 Å². The summed E-state index contributed by atoms with van der Waals surface area (Å²) in [5.41, 5.74) is 0. The van der Waals surface area contributed by atoms with E-state index in [2.05, 4.69) is 11.4 Å². The van der Waals surface area contributed by atoms with Gasteiger partial charge >= 0.3 is 0 Å². The summed E-state index contributed by atoms with van der Waals surface area (Å²) in [4.78, 5) is 1.85. The van der Waals surface area contributed by atoms with Crippen LogP contribution >= 0.6 is 11.3 Å². The minimum absolute atomic E-state index is 0.324. The summed E-state index contributed by atoms with van der Waals surface area (Å²) in [5.74, 6) is 0. The minimum atomic E-state index is -0.324. The topological polar surface area (TPSA) is 56.0 Å². The van der Waals surface area contributed by atoms with Crippen molar-refractivity contribution in [3.8, 4) is 6.07 Å². The van der Waals surface area contributed by atoms with Gasteiger partial charge in [0.25, 0.3) is 0 Å². The number of nitrogens with one attached hydrogen (secondary N) is 1. The van der Waals surface area contributed by atoms with Crippen molar-refractivity contribution in [3.05, 3.63) is 21.9 Å². The SMILES string of the molecule is C[C@@H](O)CNCc1ccc(C#N)s1. The van der Waals surface area contributed by atoms with Gasteiger partial charge in [0.05, 0.1) is 6.10 Å². The molecule has 2 N–H and O–H groups in total. The van der Waals surface area contributed by atoms with Gasteiger partial charge in [0, 0.05) is 18.0 Å². The second-order valence-electron chi connectivity index (χ2n) is 2.86. The summed E-state index contributed by atoms with van der Waals surface area (Å²) in [6.45, 7) is 3.04. The molecule has 0 unspecified atom stereocenters. The van der Waals surface area contributed by atoms with Crippen molar-refractivity contribution in [1.29, 1.82) is 5.26 Å². The molecule has 0 amide bonds. The van der Waals surface area contributed by atoms with E-state index in [9.17, 15) is 0 Å². The molecule has 70 valence electrons. The summed E-state index contributed by atoms with van der Waals surface area (Å²) in [6, 6.07) is 5.83. The molecule has 0 saturated carbocycles. The van der Waals surface area contributed by atoms with Crippen LogP contribution in [0.1, 0.15) is 16.7 Å². The van der Waals surface area contributed by atoms with E-state index >= 15 is 0 Å². The smallest absolute Gasteiger partial charge is 0.110 e. The number of nitrogens with zero attached hydrogens (tertiary/aromatic N) is 1. The number of aliphatic hydroxyl groups is 1. The fourth-order valence-electron chi connectivity index (χ4n) is 0.937. The maximum Gasteiger partial charge on any atom is 0.110 e. The Kier molecular flexibility index (Phi) is 3.90. The highest BCUT2D eigenvalue weighted by atomic mass is 32.1. The molecule has 0 aliphatic rings. The first kappa shape index (κ1) is 10.2. The van der Waals surface area contributed by atoms with Crippen molar-refractivity contribution in [3.63, 3.8) is 0 Å². The summed E-state index contributed by atoms with van der Waals surface area (Å²) < 4.78 is 0. The van der Waals surface area contributed by atoms with Crippen LogP contribution in [0.25, 0.3) is 0 Å². The Morgan fingerprint density at radius 1 is 1.69 bits per heavy atom. The normalized spacial score (nSPS) is 12.4. The van der Waals surface area contributed by atoms with Gasteiger partial charge in [-0.3, -0.25) is 0 Å². The Bertz CT molecular complexity index is 301. The van der Waals surface area contributed by atoms with Crippen LogP contribution in [0.4, 0.5) is 0 Å². The standard InChI is InChI=1S/C9H12N2OS/c1-7(12)5-11-6-9-3-2-8(4-10)13-9/h2-3,7,11-12H,5-6H2,1H3/t7-/m1/s1. The highest BCUT2D eigenvalue weighted by Gasteiger charge is 1.99. The van der Waals surface area contributed by atoms with Gasteiger partial charge in [-0.1, -0.05) is 0 Å². The molecule has 1 atom stereocenters. The van der Waals surface area contributed by atoms with E-state index in [1.54, 1.807) is 6.92 Å². The number of thiophene rings is 1. The number of nitriles is 1. The number of rotatable bonds is 4. The Hall–Kier alpha value is -0.890. The van der Waals surface area contributed by atoms with Crippen LogP contribution in [0.3, 0.4) is 0 Å². The molecule has 1 aromatic heterocycles. The van der Waals surface area contributed by atoms with Gasteiger partial charge in [-0.15, -0.1) is 11.3 Å². The lowest BCUT2D eigenvalue weighted by Crippen LogP contribution is -2.23. The predicted molar refractivity (Wildman–Crippen MR) is 52.4 cm³/mol. The Labute approximate surface area is 81.6 Å². The zero-order valence-electron chi connectivity index (χ0n) is 7.45. The van der Waals surface area contributed by atoms with Crippen LogP contribution in [-0.4, -0.2) is 17.8 Å². The average Bonchev–Trinajstić information content (AvgIpc) is 2.52. The second-order valence-corrected chi connectivity index (χ2v) is 4.03. The minimum Gasteiger partial charge on any atom is -0.392 e. The van der Waals surface area contributed by atoms with Gasteiger partial charge < -0.3 is 10.4 Å². The zero-order valence-corrected chi connectivity index (χ0v) is 8.27. The highest BCUT2D eigenvalue weighted by molar-refractivity contribution is 7.12. The third kappa shape index (κ3) is 3.55. The molecule has 0 spiro atoms. The van der Waals surface area contributed by atoms with E-state index in [1.807, 2.05) is 12.1 Å². The molecule has 13 heavy (non-hydrogen) atoms. The number of hydrogen-bond acceptors (Lipinski definition) is 4. The lowest BCUT2D eigenvalue weighted by molar-refractivity contribution is 0.191. The molecule has 0 aliphatic heterocycles. The molecule has 1 rings (SSSR count). The second kappa shape index (κ2) is 4.97. The largest absolute Gasteiger partial charge is 0.392 e. The average molecular weight is 196 g/mol. The first-order chi connectivity index (χ1) is 6.22. The van der Waals surface area contributed by atoms with Crippen LogP contribution in [0.5, 0.6) is 0 Å². The van der Waals surface area contributed by atoms with E-state index in [1.165, 1.54) is 11.3 Å². The van der Waals surface area contributed by atoms with E-state index in [0.717, 1.165) is 16.3 Å². The number of aliphatic hydroxyl groups excluding tert-OH is 1. The molecular formula is C9H12N2OS. The quantitative estimate of drug-likeness (QED) is 0.758.